The van der Waals surface area contributed by atoms with Gasteiger partial charge in [0.1, 0.15) is 0 Å². The number of esters is 1. The second kappa shape index (κ2) is 9.80. The molecule has 4 nitrogen and oxygen atoms in total. The minimum atomic E-state index is -0.252. The molecule has 4 heteroatoms. The summed E-state index contributed by atoms with van der Waals surface area (Å²) in [6, 6.07) is 0. The number of unbranched alkanes of at least 4 members (excludes halogenated alkanes) is 2. The van der Waals surface area contributed by atoms with Crippen LogP contribution in [0, 0.1) is 11.8 Å². The summed E-state index contributed by atoms with van der Waals surface area (Å²) in [5, 5.41) is 0. The largest absolute Gasteiger partial charge is 0.465 e. The van der Waals surface area contributed by atoms with Crippen molar-refractivity contribution >= 4 is 11.9 Å². The zero-order valence-electron chi connectivity index (χ0n) is 13.9. The Morgan fingerprint density at radius 3 is 2.62 bits per heavy atom. The van der Waals surface area contributed by atoms with Crippen molar-refractivity contribution in [2.24, 2.45) is 11.8 Å². The predicted molar refractivity (Wildman–Crippen MR) is 83.9 cm³/mol. The Morgan fingerprint density at radius 2 is 2.00 bits per heavy atom. The number of rotatable bonds is 10. The average Bonchev–Trinajstić information content (AvgIpc) is 2.86. The number of nitrogens with zero attached hydrogens (tertiary/aromatic N) is 1. The average molecular weight is 297 g/mol. The van der Waals surface area contributed by atoms with Crippen LogP contribution in [0.5, 0.6) is 0 Å². The quantitative estimate of drug-likeness (QED) is 0.581. The van der Waals surface area contributed by atoms with Crippen molar-refractivity contribution in [1.82, 2.24) is 4.90 Å². The first kappa shape index (κ1) is 18.0. The summed E-state index contributed by atoms with van der Waals surface area (Å²) in [4.78, 5) is 25.8. The van der Waals surface area contributed by atoms with Gasteiger partial charge in [-0.3, -0.25) is 9.59 Å². The summed E-state index contributed by atoms with van der Waals surface area (Å²) >= 11 is 0. The van der Waals surface area contributed by atoms with Gasteiger partial charge in [0, 0.05) is 19.5 Å². The molecule has 1 rings (SSSR count). The first-order valence-electron chi connectivity index (χ1n) is 8.56. The second-order valence-electron chi connectivity index (χ2n) is 6.14. The van der Waals surface area contributed by atoms with Crippen molar-refractivity contribution in [3.63, 3.8) is 0 Å². The highest BCUT2D eigenvalue weighted by Gasteiger charge is 2.35. The first-order chi connectivity index (χ1) is 10.1. The summed E-state index contributed by atoms with van der Waals surface area (Å²) in [7, 11) is 0. The molecule has 21 heavy (non-hydrogen) atoms. The molecule has 1 heterocycles. The third kappa shape index (κ3) is 6.06. The first-order valence-corrected chi connectivity index (χ1v) is 8.56. The molecule has 0 saturated carbocycles. The fourth-order valence-corrected chi connectivity index (χ4v) is 2.71. The van der Waals surface area contributed by atoms with Crippen molar-refractivity contribution in [2.75, 3.05) is 19.7 Å². The standard InChI is InChI=1S/C17H31NO3/c1-4-7-9-14(6-3)13-21-17(20)15-11-16(19)18(12-15)10-8-5-2/h14-15H,4-13H2,1-3H3. The summed E-state index contributed by atoms with van der Waals surface area (Å²) in [6.07, 6.45) is 6.91. The monoisotopic (exact) mass is 297 g/mol. The number of amides is 1. The molecular weight excluding hydrogens is 266 g/mol. The summed E-state index contributed by atoms with van der Waals surface area (Å²) in [5.74, 6) is 0.126. The molecule has 0 aromatic carbocycles. The highest BCUT2D eigenvalue weighted by molar-refractivity contribution is 5.86. The molecule has 1 saturated heterocycles. The van der Waals surface area contributed by atoms with E-state index in [4.69, 9.17) is 4.74 Å². The lowest BCUT2D eigenvalue weighted by Gasteiger charge is -2.17. The number of carbonyl (C=O) groups is 2. The molecule has 0 aromatic rings. The van der Waals surface area contributed by atoms with Crippen molar-refractivity contribution in [3.8, 4) is 0 Å². The van der Waals surface area contributed by atoms with Crippen LogP contribution in [-0.4, -0.2) is 36.5 Å². The fourth-order valence-electron chi connectivity index (χ4n) is 2.71. The zero-order valence-corrected chi connectivity index (χ0v) is 13.9. The van der Waals surface area contributed by atoms with Gasteiger partial charge in [0.15, 0.2) is 0 Å². The molecule has 0 N–H and O–H groups in total. The summed E-state index contributed by atoms with van der Waals surface area (Å²) in [6.45, 7) is 8.24. The molecule has 0 spiro atoms. The minimum Gasteiger partial charge on any atom is -0.465 e. The summed E-state index contributed by atoms with van der Waals surface area (Å²) < 4.78 is 5.46. The molecule has 1 aliphatic rings. The van der Waals surface area contributed by atoms with E-state index in [1.165, 1.54) is 12.8 Å². The Kier molecular flexibility index (Phi) is 8.40. The van der Waals surface area contributed by atoms with Crippen LogP contribution in [0.3, 0.4) is 0 Å². The van der Waals surface area contributed by atoms with Crippen molar-refractivity contribution in [2.45, 2.75) is 65.7 Å². The molecule has 1 aliphatic heterocycles. The molecule has 2 unspecified atom stereocenters. The lowest BCUT2D eigenvalue weighted by molar-refractivity contribution is -0.149. The molecule has 0 aliphatic carbocycles. The highest BCUT2D eigenvalue weighted by atomic mass is 16.5. The second-order valence-corrected chi connectivity index (χ2v) is 6.14. The third-order valence-corrected chi connectivity index (χ3v) is 4.33. The van der Waals surface area contributed by atoms with E-state index in [1.54, 1.807) is 0 Å². The number of likely N-dealkylation sites (tertiary alicyclic amines) is 1. The number of carbonyl (C=O) groups excluding carboxylic acids is 2. The van der Waals surface area contributed by atoms with E-state index < -0.39 is 0 Å². The molecule has 0 bridgehead atoms. The van der Waals surface area contributed by atoms with E-state index in [1.807, 2.05) is 4.90 Å². The van der Waals surface area contributed by atoms with Gasteiger partial charge in [-0.1, -0.05) is 46.5 Å². The number of hydrogen-bond donors (Lipinski definition) is 0. The zero-order chi connectivity index (χ0) is 15.7. The van der Waals surface area contributed by atoms with Crippen molar-refractivity contribution < 1.29 is 14.3 Å². The minimum absolute atomic E-state index is 0.100. The van der Waals surface area contributed by atoms with Gasteiger partial charge in [-0.05, 0) is 18.8 Å². The Bertz CT molecular complexity index is 330. The lowest BCUT2D eigenvalue weighted by Crippen LogP contribution is -2.28. The van der Waals surface area contributed by atoms with Gasteiger partial charge in [-0.15, -0.1) is 0 Å². The Hall–Kier alpha value is -1.06. The third-order valence-electron chi connectivity index (χ3n) is 4.33. The van der Waals surface area contributed by atoms with E-state index >= 15 is 0 Å². The van der Waals surface area contributed by atoms with E-state index in [2.05, 4.69) is 20.8 Å². The maximum atomic E-state index is 12.1. The van der Waals surface area contributed by atoms with Gasteiger partial charge in [-0.25, -0.2) is 0 Å². The van der Waals surface area contributed by atoms with E-state index in [0.29, 0.717) is 25.5 Å². The maximum Gasteiger partial charge on any atom is 0.311 e. The molecule has 122 valence electrons. The number of hydrogen-bond acceptors (Lipinski definition) is 3. The van der Waals surface area contributed by atoms with E-state index in [0.717, 1.165) is 32.2 Å². The Balaban J connectivity index is 2.33. The normalized spacial score (nSPS) is 19.9. The van der Waals surface area contributed by atoms with Crippen LogP contribution in [0.2, 0.25) is 0 Å². The summed E-state index contributed by atoms with van der Waals surface area (Å²) in [5.41, 5.74) is 0. The molecule has 1 fully saturated rings. The van der Waals surface area contributed by atoms with Gasteiger partial charge in [0.2, 0.25) is 5.91 Å². The van der Waals surface area contributed by atoms with Crippen molar-refractivity contribution in [3.05, 3.63) is 0 Å². The van der Waals surface area contributed by atoms with Gasteiger partial charge >= 0.3 is 5.97 Å². The molecule has 2 atom stereocenters. The smallest absolute Gasteiger partial charge is 0.311 e. The van der Waals surface area contributed by atoms with Gasteiger partial charge in [-0.2, -0.15) is 0 Å². The SMILES string of the molecule is CCCCC(CC)COC(=O)C1CC(=O)N(CCCC)C1. The molecule has 0 radical (unpaired) electrons. The van der Waals surface area contributed by atoms with E-state index in [-0.39, 0.29) is 17.8 Å². The fraction of sp³-hybridized carbons (Fsp3) is 0.882. The van der Waals surface area contributed by atoms with E-state index in [9.17, 15) is 9.59 Å². The van der Waals surface area contributed by atoms with Crippen LogP contribution in [0.1, 0.15) is 65.7 Å². The van der Waals surface area contributed by atoms with Crippen LogP contribution in [0.25, 0.3) is 0 Å². The predicted octanol–water partition coefficient (Wildman–Crippen LogP) is 3.39. The lowest BCUT2D eigenvalue weighted by atomic mass is 10.0. The Labute approximate surface area is 129 Å². The molecule has 1 amide bonds. The Morgan fingerprint density at radius 1 is 1.29 bits per heavy atom. The van der Waals surface area contributed by atoms with Gasteiger partial charge in [0.05, 0.1) is 12.5 Å². The number of ether oxygens (including phenoxy) is 1. The topological polar surface area (TPSA) is 46.6 Å². The van der Waals surface area contributed by atoms with Gasteiger partial charge < -0.3 is 9.64 Å². The van der Waals surface area contributed by atoms with Gasteiger partial charge in [0.25, 0.3) is 0 Å². The maximum absolute atomic E-state index is 12.1. The van der Waals surface area contributed by atoms with Crippen LogP contribution in [-0.2, 0) is 14.3 Å². The molecular formula is C17H31NO3. The molecule has 0 aromatic heterocycles. The van der Waals surface area contributed by atoms with Crippen LogP contribution < -0.4 is 0 Å². The highest BCUT2D eigenvalue weighted by Crippen LogP contribution is 2.21. The van der Waals surface area contributed by atoms with Crippen molar-refractivity contribution in [1.29, 1.82) is 0 Å². The van der Waals surface area contributed by atoms with Crippen LogP contribution in [0.15, 0.2) is 0 Å². The van der Waals surface area contributed by atoms with Crippen LogP contribution in [0.4, 0.5) is 0 Å². The van der Waals surface area contributed by atoms with Crippen LogP contribution >= 0.6 is 0 Å².